The van der Waals surface area contributed by atoms with E-state index >= 15 is 0 Å². The summed E-state index contributed by atoms with van der Waals surface area (Å²) >= 11 is 0. The first kappa shape index (κ1) is 14.0. The van der Waals surface area contributed by atoms with Gasteiger partial charge in [0, 0.05) is 14.1 Å². The van der Waals surface area contributed by atoms with Crippen molar-refractivity contribution in [2.45, 2.75) is 19.9 Å². The third-order valence-corrected chi connectivity index (χ3v) is 2.51. The number of nitrogens with zero attached hydrogens (tertiary/aromatic N) is 5. The van der Waals surface area contributed by atoms with Gasteiger partial charge in [-0.2, -0.15) is 15.0 Å². The molecule has 0 saturated heterocycles. The molecule has 0 fully saturated rings. The fourth-order valence-electron chi connectivity index (χ4n) is 1.52. The lowest BCUT2D eigenvalue weighted by molar-refractivity contribution is 0.453. The van der Waals surface area contributed by atoms with Gasteiger partial charge in [0.2, 0.25) is 23.7 Å². The molecule has 2 heterocycles. The number of hydrogen-bond acceptors (Lipinski definition) is 9. The van der Waals surface area contributed by atoms with E-state index in [-0.39, 0.29) is 12.0 Å². The first-order valence-electron chi connectivity index (χ1n) is 6.08. The Morgan fingerprint density at radius 1 is 1.25 bits per heavy atom. The van der Waals surface area contributed by atoms with Gasteiger partial charge in [0.15, 0.2) is 0 Å². The number of hydrazine groups is 1. The van der Waals surface area contributed by atoms with Crippen molar-refractivity contribution in [2.24, 2.45) is 5.84 Å². The van der Waals surface area contributed by atoms with Crippen molar-refractivity contribution in [1.29, 1.82) is 0 Å². The molecule has 4 N–H and O–H groups in total. The van der Waals surface area contributed by atoms with Crippen LogP contribution in [0, 0.1) is 6.92 Å². The van der Waals surface area contributed by atoms with Gasteiger partial charge in [-0.15, -0.1) is 0 Å². The van der Waals surface area contributed by atoms with Gasteiger partial charge in [0.05, 0.1) is 6.20 Å². The number of hydrogen-bond donors (Lipinski definition) is 3. The zero-order valence-corrected chi connectivity index (χ0v) is 11.9. The Balaban J connectivity index is 2.21. The quantitative estimate of drug-likeness (QED) is 0.536. The topological polar surface area (TPSA) is 118 Å². The molecule has 0 aliphatic carbocycles. The molecular weight excluding hydrogens is 260 g/mol. The maximum Gasteiger partial charge on any atom is 0.243 e. The predicted octanol–water partition coefficient (Wildman–Crippen LogP) is 0.693. The standard InChI is InChI=1S/C11H18N8O/c1-6-5-13-8(20-6)7(2)14-9-15-10(18-12)17-11(16-9)19(3)4/h5,7H,12H2,1-4H3,(H2,14,15,16,17,18). The van der Waals surface area contributed by atoms with Crippen LogP contribution in [0.1, 0.15) is 24.6 Å². The number of anilines is 3. The second-order valence-electron chi connectivity index (χ2n) is 4.50. The normalized spacial score (nSPS) is 12.1. The Hall–Kier alpha value is -2.42. The van der Waals surface area contributed by atoms with E-state index in [1.165, 1.54) is 0 Å². The van der Waals surface area contributed by atoms with Crippen LogP contribution in [-0.4, -0.2) is 34.0 Å². The fourth-order valence-corrected chi connectivity index (χ4v) is 1.52. The van der Waals surface area contributed by atoms with Crippen LogP contribution in [0.4, 0.5) is 17.8 Å². The molecule has 0 bridgehead atoms. The zero-order valence-electron chi connectivity index (χ0n) is 11.9. The molecule has 0 amide bonds. The molecule has 9 nitrogen and oxygen atoms in total. The largest absolute Gasteiger partial charge is 0.444 e. The minimum absolute atomic E-state index is 0.174. The van der Waals surface area contributed by atoms with E-state index in [1.54, 1.807) is 11.1 Å². The van der Waals surface area contributed by atoms with Crippen LogP contribution >= 0.6 is 0 Å². The van der Waals surface area contributed by atoms with Gasteiger partial charge in [0.25, 0.3) is 0 Å². The number of aryl methyl sites for hydroxylation is 1. The molecule has 2 aromatic heterocycles. The van der Waals surface area contributed by atoms with Crippen LogP contribution < -0.4 is 21.5 Å². The molecule has 0 radical (unpaired) electrons. The summed E-state index contributed by atoms with van der Waals surface area (Å²) in [7, 11) is 3.67. The lowest BCUT2D eigenvalue weighted by atomic mass is 10.3. The van der Waals surface area contributed by atoms with Gasteiger partial charge in [-0.3, -0.25) is 5.43 Å². The number of nitrogens with two attached hydrogens (primary N) is 1. The van der Waals surface area contributed by atoms with E-state index in [9.17, 15) is 0 Å². The molecular formula is C11H18N8O. The first-order chi connectivity index (χ1) is 9.49. The van der Waals surface area contributed by atoms with E-state index in [4.69, 9.17) is 10.3 Å². The Kier molecular flexibility index (Phi) is 3.99. The fraction of sp³-hybridized carbons (Fsp3) is 0.455. The van der Waals surface area contributed by atoms with Crippen molar-refractivity contribution in [3.8, 4) is 0 Å². The average molecular weight is 278 g/mol. The third kappa shape index (κ3) is 3.12. The van der Waals surface area contributed by atoms with Crippen molar-refractivity contribution < 1.29 is 4.42 Å². The number of oxazole rings is 1. The van der Waals surface area contributed by atoms with E-state index in [2.05, 4.69) is 30.7 Å². The molecule has 0 aliphatic heterocycles. The van der Waals surface area contributed by atoms with Gasteiger partial charge in [0.1, 0.15) is 11.8 Å². The highest BCUT2D eigenvalue weighted by atomic mass is 16.4. The van der Waals surface area contributed by atoms with E-state index in [1.807, 2.05) is 27.9 Å². The minimum Gasteiger partial charge on any atom is -0.444 e. The summed E-state index contributed by atoms with van der Waals surface area (Å²) in [6.07, 6.45) is 1.67. The predicted molar refractivity (Wildman–Crippen MR) is 75.2 cm³/mol. The summed E-state index contributed by atoms with van der Waals surface area (Å²) in [5.41, 5.74) is 2.41. The monoisotopic (exact) mass is 278 g/mol. The molecule has 9 heteroatoms. The molecule has 0 aliphatic rings. The molecule has 0 aromatic carbocycles. The second-order valence-corrected chi connectivity index (χ2v) is 4.50. The number of nitrogen functional groups attached to an aromatic ring is 1. The van der Waals surface area contributed by atoms with Crippen LogP contribution in [0.15, 0.2) is 10.6 Å². The molecule has 2 rings (SSSR count). The van der Waals surface area contributed by atoms with Crippen molar-refractivity contribution in [2.75, 3.05) is 29.7 Å². The maximum atomic E-state index is 5.46. The smallest absolute Gasteiger partial charge is 0.243 e. The maximum absolute atomic E-state index is 5.46. The highest BCUT2D eigenvalue weighted by molar-refractivity contribution is 5.42. The summed E-state index contributed by atoms with van der Waals surface area (Å²) in [5.74, 6) is 7.83. The summed E-state index contributed by atoms with van der Waals surface area (Å²) in [4.78, 5) is 18.5. The molecule has 1 atom stereocenters. The van der Waals surface area contributed by atoms with Gasteiger partial charge in [-0.05, 0) is 13.8 Å². The van der Waals surface area contributed by atoms with Crippen LogP contribution in [-0.2, 0) is 0 Å². The summed E-state index contributed by atoms with van der Waals surface area (Å²) in [5, 5.41) is 3.10. The van der Waals surface area contributed by atoms with Crippen LogP contribution in [0.25, 0.3) is 0 Å². The van der Waals surface area contributed by atoms with Crippen molar-refractivity contribution in [1.82, 2.24) is 19.9 Å². The second kappa shape index (κ2) is 5.70. The van der Waals surface area contributed by atoms with Gasteiger partial charge >= 0.3 is 0 Å². The molecule has 108 valence electrons. The highest BCUT2D eigenvalue weighted by Crippen LogP contribution is 2.18. The van der Waals surface area contributed by atoms with Crippen molar-refractivity contribution in [3.63, 3.8) is 0 Å². The summed E-state index contributed by atoms with van der Waals surface area (Å²) < 4.78 is 5.46. The van der Waals surface area contributed by atoms with Gasteiger partial charge < -0.3 is 14.6 Å². The summed E-state index contributed by atoms with van der Waals surface area (Å²) in [6.45, 7) is 3.74. The number of rotatable bonds is 5. The Bertz CT molecular complexity index is 582. The van der Waals surface area contributed by atoms with Crippen LogP contribution in [0.5, 0.6) is 0 Å². The molecule has 1 unspecified atom stereocenters. The van der Waals surface area contributed by atoms with Crippen LogP contribution in [0.2, 0.25) is 0 Å². The molecule has 20 heavy (non-hydrogen) atoms. The van der Waals surface area contributed by atoms with Crippen LogP contribution in [0.3, 0.4) is 0 Å². The Labute approximate surface area is 116 Å². The highest BCUT2D eigenvalue weighted by Gasteiger charge is 2.14. The minimum atomic E-state index is -0.174. The average Bonchev–Trinajstić information content (AvgIpc) is 2.85. The zero-order chi connectivity index (χ0) is 14.7. The number of nitrogens with one attached hydrogen (secondary N) is 2. The Morgan fingerprint density at radius 2 is 1.95 bits per heavy atom. The molecule has 0 saturated carbocycles. The molecule has 0 spiro atoms. The van der Waals surface area contributed by atoms with Crippen molar-refractivity contribution in [3.05, 3.63) is 17.8 Å². The third-order valence-electron chi connectivity index (χ3n) is 2.51. The Morgan fingerprint density at radius 3 is 2.50 bits per heavy atom. The number of aromatic nitrogens is 4. The van der Waals surface area contributed by atoms with Crippen molar-refractivity contribution >= 4 is 17.8 Å². The van der Waals surface area contributed by atoms with Gasteiger partial charge in [-0.25, -0.2) is 10.8 Å². The SMILES string of the molecule is Cc1cnc(C(C)Nc2nc(NN)nc(N(C)C)n2)o1. The first-order valence-corrected chi connectivity index (χ1v) is 6.08. The van der Waals surface area contributed by atoms with E-state index < -0.39 is 0 Å². The lowest BCUT2D eigenvalue weighted by Gasteiger charge is -2.15. The van der Waals surface area contributed by atoms with Gasteiger partial charge in [-0.1, -0.05) is 0 Å². The molecule has 2 aromatic rings. The summed E-state index contributed by atoms with van der Waals surface area (Å²) in [6, 6.07) is -0.174. The van der Waals surface area contributed by atoms with E-state index in [0.29, 0.717) is 17.8 Å². The van der Waals surface area contributed by atoms with E-state index in [0.717, 1.165) is 5.76 Å². The lowest BCUT2D eigenvalue weighted by Crippen LogP contribution is -2.19.